The quantitative estimate of drug-likeness (QED) is 0.426. The topological polar surface area (TPSA) is 77.4 Å². The predicted molar refractivity (Wildman–Crippen MR) is 136 cm³/mol. The molecule has 1 saturated heterocycles. The molecule has 1 aliphatic rings. The van der Waals surface area contributed by atoms with Crippen molar-refractivity contribution in [1.82, 2.24) is 10.2 Å². The summed E-state index contributed by atoms with van der Waals surface area (Å²) < 4.78 is 6.09. The maximum absolute atomic E-state index is 12.8. The van der Waals surface area contributed by atoms with Crippen molar-refractivity contribution in [3.63, 3.8) is 0 Å². The summed E-state index contributed by atoms with van der Waals surface area (Å²) in [6.45, 7) is 3.87. The highest BCUT2D eigenvalue weighted by Crippen LogP contribution is 2.30. The number of nitrogens with zero attached hydrogens (tertiary/aromatic N) is 1. The minimum absolute atomic E-state index is 0. The number of likely N-dealkylation sites (tertiary alicyclic amines) is 1. The van der Waals surface area contributed by atoms with Gasteiger partial charge in [0, 0.05) is 50.7 Å². The van der Waals surface area contributed by atoms with Crippen LogP contribution in [0.3, 0.4) is 0 Å². The first-order chi connectivity index (χ1) is 16.0. The van der Waals surface area contributed by atoms with Gasteiger partial charge >= 0.3 is 0 Å². The highest BCUT2D eigenvalue weighted by molar-refractivity contribution is 5.96. The Balaban J connectivity index is 0.00000324. The molecule has 172 valence electrons. The number of aryl methyl sites for hydroxylation is 1. The zero-order chi connectivity index (χ0) is 23.4. The molecule has 1 fully saturated rings. The first kappa shape index (κ1) is 22.6. The van der Waals surface area contributed by atoms with Gasteiger partial charge in [0.25, 0.3) is 5.91 Å². The monoisotopic (exact) mass is 444 g/mol. The second-order valence-electron chi connectivity index (χ2n) is 8.39. The number of hydrogen-bond acceptors (Lipinski definition) is 5. The normalized spacial score (nSPS) is 13.8. The maximum Gasteiger partial charge on any atom is 0.251 e. The molecule has 0 saturated carbocycles. The van der Waals surface area contributed by atoms with E-state index in [1.54, 1.807) is 0 Å². The molecule has 3 N–H and O–H groups in total. The Labute approximate surface area is 196 Å². The van der Waals surface area contributed by atoms with Gasteiger partial charge in [0.1, 0.15) is 11.5 Å². The van der Waals surface area contributed by atoms with E-state index < -0.39 is 0 Å². The van der Waals surface area contributed by atoms with Crippen molar-refractivity contribution < 1.29 is 11.0 Å². The Morgan fingerprint density at radius 1 is 1.12 bits per heavy atom. The molecule has 0 aromatic heterocycles. The average Bonchev–Trinajstić information content (AvgIpc) is 2.82. The van der Waals surface area contributed by atoms with E-state index in [9.17, 15) is 4.79 Å². The Bertz CT molecular complexity index is 1180. The van der Waals surface area contributed by atoms with Crippen LogP contribution in [0.4, 0.5) is 5.69 Å². The number of ether oxygens (including phenoxy) is 1. The summed E-state index contributed by atoms with van der Waals surface area (Å²) in [4.78, 5) is 15.0. The number of benzene rings is 3. The molecule has 1 aliphatic heterocycles. The second kappa shape index (κ2) is 9.88. The van der Waals surface area contributed by atoms with Crippen molar-refractivity contribution >= 4 is 17.8 Å². The van der Waals surface area contributed by atoms with Crippen molar-refractivity contribution in [3.05, 3.63) is 77.4 Å². The SMILES string of the molecule is CCc1cc(-c2cccc(Oc3ccc(C=N)c(NC)c3)c2)ccc1C(=O)NC1CN(C)C1.[HH]. The lowest BCUT2D eigenvalue weighted by Gasteiger charge is -2.36. The number of rotatable bonds is 8. The summed E-state index contributed by atoms with van der Waals surface area (Å²) in [6.07, 6.45) is 2.10. The molecule has 0 unspecified atom stereocenters. The molecule has 3 aromatic carbocycles. The van der Waals surface area contributed by atoms with Gasteiger partial charge in [-0.25, -0.2) is 0 Å². The van der Waals surface area contributed by atoms with Gasteiger partial charge in [0.2, 0.25) is 0 Å². The number of carbonyl (C=O) groups is 1. The Morgan fingerprint density at radius 3 is 2.58 bits per heavy atom. The van der Waals surface area contributed by atoms with Crippen molar-refractivity contribution in [2.75, 3.05) is 32.5 Å². The van der Waals surface area contributed by atoms with Crippen LogP contribution in [0.25, 0.3) is 11.1 Å². The summed E-state index contributed by atoms with van der Waals surface area (Å²) in [5, 5.41) is 13.7. The molecule has 33 heavy (non-hydrogen) atoms. The first-order valence-corrected chi connectivity index (χ1v) is 11.2. The minimum Gasteiger partial charge on any atom is -0.457 e. The molecule has 1 heterocycles. The zero-order valence-electron chi connectivity index (χ0n) is 19.3. The summed E-state index contributed by atoms with van der Waals surface area (Å²) in [7, 11) is 3.88. The standard InChI is InChI=1S/C27H30N4O2.H2/c1-4-18-12-20(9-11-25(18)27(32)30-22-16-31(3)17-22)19-6-5-7-23(13-19)33-24-10-8-21(15-28)26(14-24)29-2;/h5-15,22,28-29H,4,16-17H2,1-3H3,(H,30,32);1H. The van der Waals surface area contributed by atoms with Gasteiger partial charge < -0.3 is 25.7 Å². The van der Waals surface area contributed by atoms with Crippen molar-refractivity contribution in [2.24, 2.45) is 0 Å². The lowest BCUT2D eigenvalue weighted by molar-refractivity contribution is 0.0857. The molecular formula is C27H32N4O2. The van der Waals surface area contributed by atoms with Crippen LogP contribution in [-0.4, -0.2) is 50.2 Å². The molecule has 4 rings (SSSR count). The molecular weight excluding hydrogens is 412 g/mol. The molecule has 0 radical (unpaired) electrons. The first-order valence-electron chi connectivity index (χ1n) is 11.2. The van der Waals surface area contributed by atoms with E-state index in [0.29, 0.717) is 5.75 Å². The van der Waals surface area contributed by atoms with E-state index in [-0.39, 0.29) is 13.4 Å². The molecule has 0 bridgehead atoms. The largest absolute Gasteiger partial charge is 0.457 e. The van der Waals surface area contributed by atoms with Gasteiger partial charge in [0.05, 0.1) is 6.04 Å². The smallest absolute Gasteiger partial charge is 0.251 e. The minimum atomic E-state index is 0. The number of amides is 1. The Kier molecular flexibility index (Phi) is 6.75. The van der Waals surface area contributed by atoms with Crippen LogP contribution in [0.15, 0.2) is 60.7 Å². The number of carbonyl (C=O) groups excluding carboxylic acids is 1. The fraction of sp³-hybridized carbons (Fsp3) is 0.259. The van der Waals surface area contributed by atoms with Crippen LogP contribution in [0.5, 0.6) is 11.5 Å². The summed E-state index contributed by atoms with van der Waals surface area (Å²) in [5.74, 6) is 1.43. The van der Waals surface area contributed by atoms with E-state index in [1.165, 1.54) is 6.21 Å². The van der Waals surface area contributed by atoms with Crippen molar-refractivity contribution in [2.45, 2.75) is 19.4 Å². The lowest BCUT2D eigenvalue weighted by atomic mass is 9.96. The summed E-state index contributed by atoms with van der Waals surface area (Å²) in [5.41, 5.74) is 5.50. The number of hydrogen-bond donors (Lipinski definition) is 3. The van der Waals surface area contributed by atoms with Gasteiger partial charge in [-0.1, -0.05) is 31.2 Å². The van der Waals surface area contributed by atoms with Gasteiger partial charge in [0.15, 0.2) is 0 Å². The summed E-state index contributed by atoms with van der Waals surface area (Å²) in [6, 6.07) is 19.8. The number of nitrogens with one attached hydrogen (secondary N) is 3. The van der Waals surface area contributed by atoms with Crippen LogP contribution in [-0.2, 0) is 6.42 Å². The summed E-state index contributed by atoms with van der Waals surface area (Å²) >= 11 is 0. The van der Waals surface area contributed by atoms with Crippen LogP contribution < -0.4 is 15.4 Å². The molecule has 6 nitrogen and oxygen atoms in total. The fourth-order valence-electron chi connectivity index (χ4n) is 4.16. The molecule has 0 spiro atoms. The molecule has 0 aliphatic carbocycles. The molecule has 3 aromatic rings. The Hall–Kier alpha value is -3.64. The lowest BCUT2D eigenvalue weighted by Crippen LogP contribution is -2.57. The van der Waals surface area contributed by atoms with Gasteiger partial charge in [-0.05, 0) is 60.5 Å². The zero-order valence-corrected chi connectivity index (χ0v) is 19.3. The number of likely N-dealkylation sites (N-methyl/N-ethyl adjacent to an activating group) is 1. The van der Waals surface area contributed by atoms with E-state index in [2.05, 4.69) is 35.6 Å². The van der Waals surface area contributed by atoms with E-state index in [0.717, 1.165) is 58.8 Å². The molecule has 1 amide bonds. The highest BCUT2D eigenvalue weighted by Gasteiger charge is 2.25. The van der Waals surface area contributed by atoms with Crippen molar-refractivity contribution in [3.8, 4) is 22.6 Å². The Morgan fingerprint density at radius 2 is 1.88 bits per heavy atom. The third-order valence-electron chi connectivity index (χ3n) is 5.98. The van der Waals surface area contributed by atoms with Gasteiger partial charge in [-0.2, -0.15) is 0 Å². The molecule has 0 atom stereocenters. The van der Waals surface area contributed by atoms with Crippen LogP contribution in [0.2, 0.25) is 0 Å². The van der Waals surface area contributed by atoms with Crippen LogP contribution in [0.1, 0.15) is 29.8 Å². The van der Waals surface area contributed by atoms with Gasteiger partial charge in [-0.3, -0.25) is 4.79 Å². The predicted octanol–water partition coefficient (Wildman–Crippen LogP) is 5.04. The van der Waals surface area contributed by atoms with Crippen LogP contribution in [0, 0.1) is 5.41 Å². The van der Waals surface area contributed by atoms with Crippen molar-refractivity contribution in [1.29, 1.82) is 5.41 Å². The van der Waals surface area contributed by atoms with E-state index >= 15 is 0 Å². The fourth-order valence-corrected chi connectivity index (χ4v) is 4.16. The van der Waals surface area contributed by atoms with Gasteiger partial charge in [-0.15, -0.1) is 0 Å². The van der Waals surface area contributed by atoms with Crippen LogP contribution >= 0.6 is 0 Å². The maximum atomic E-state index is 12.8. The molecule has 6 heteroatoms. The highest BCUT2D eigenvalue weighted by atomic mass is 16.5. The van der Waals surface area contributed by atoms with E-state index in [1.807, 2.05) is 61.6 Å². The third kappa shape index (κ3) is 5.07. The van der Waals surface area contributed by atoms with E-state index in [4.69, 9.17) is 10.1 Å². The second-order valence-corrected chi connectivity index (χ2v) is 8.39. The average molecular weight is 445 g/mol. The number of anilines is 1. The third-order valence-corrected chi connectivity index (χ3v) is 5.98.